The van der Waals surface area contributed by atoms with Crippen LogP contribution in [0.4, 0.5) is 0 Å². The summed E-state index contributed by atoms with van der Waals surface area (Å²) in [5.74, 6) is 0. The first-order valence-corrected chi connectivity index (χ1v) is 17.8. The number of imidazole rings is 2. The van der Waals surface area contributed by atoms with Gasteiger partial charge in [-0.1, -0.05) is 83.9 Å². The highest BCUT2D eigenvalue weighted by molar-refractivity contribution is 6.45. The molecule has 10 nitrogen and oxygen atoms in total. The summed E-state index contributed by atoms with van der Waals surface area (Å²) in [6.45, 7) is 0. The van der Waals surface area contributed by atoms with Crippen molar-refractivity contribution in [2.45, 2.75) is 0 Å². The summed E-state index contributed by atoms with van der Waals surface area (Å²) in [7, 11) is 0. The van der Waals surface area contributed by atoms with E-state index in [1.54, 1.807) is 33.1 Å². The number of aromatic nitrogens is 6. The van der Waals surface area contributed by atoms with Gasteiger partial charge in [-0.05, 0) is 35.0 Å². The van der Waals surface area contributed by atoms with E-state index < -0.39 is 0 Å². The molecule has 13 rings (SSSR count). The van der Waals surface area contributed by atoms with Gasteiger partial charge in [-0.25, -0.2) is 19.9 Å². The van der Waals surface area contributed by atoms with Crippen molar-refractivity contribution >= 4 is 144 Å². The van der Waals surface area contributed by atoms with E-state index in [-0.39, 0.29) is 43.4 Å². The molecule has 0 atom stereocenters. The third-order valence-electron chi connectivity index (χ3n) is 10.8. The first kappa shape index (κ1) is 28.7. The molecule has 0 spiro atoms. The van der Waals surface area contributed by atoms with Crippen molar-refractivity contribution in [3.05, 3.63) is 128 Å². The highest BCUT2D eigenvalue weighted by Gasteiger charge is 2.23. The van der Waals surface area contributed by atoms with Crippen LogP contribution >= 0.6 is 23.2 Å². The third kappa shape index (κ3) is 3.38. The van der Waals surface area contributed by atoms with Crippen molar-refractivity contribution in [3.63, 3.8) is 0 Å². The fourth-order valence-corrected chi connectivity index (χ4v) is 8.93. The van der Waals surface area contributed by atoms with Crippen LogP contribution in [0.3, 0.4) is 0 Å². The van der Waals surface area contributed by atoms with E-state index in [1.165, 1.54) is 0 Å². The first-order chi connectivity index (χ1) is 26.4. The van der Waals surface area contributed by atoms with Gasteiger partial charge in [0.1, 0.15) is 43.4 Å². The molecule has 0 aliphatic rings. The smallest absolute Gasteiger partial charge is 0.264 e. The van der Waals surface area contributed by atoms with E-state index in [0.717, 1.165) is 32.3 Å². The van der Waals surface area contributed by atoms with Crippen molar-refractivity contribution in [2.24, 2.45) is 0 Å². The summed E-state index contributed by atoms with van der Waals surface area (Å²) in [6.07, 6.45) is 0. The summed E-state index contributed by atoms with van der Waals surface area (Å²) in [6, 6.07) is 30.3. The molecular formula is C42H16Cl2N6O4. The molecule has 0 amide bonds. The molecular weight excluding hydrogens is 723 g/mol. The standard InChI is InChI=1S/C42H16Cl2N6O4/c43-33-35-37(53-29-15-27-23(13-25(29)45-35)47-39-19-9-1-5-17-7-3-11-21(31(17)19)41(51)49(27)39)34(44)36-38(33)54-30-16-28-24(14-26(30)46-36)48-40-20-10-2-6-18-8-4-12-22(32(18)20)42(52)50(28)40/h1-16H. The van der Waals surface area contributed by atoms with Crippen molar-refractivity contribution in [2.75, 3.05) is 0 Å². The fraction of sp³-hybridized carbons (Fsp3) is 0. The number of rotatable bonds is 0. The van der Waals surface area contributed by atoms with E-state index >= 15 is 0 Å². The topological polar surface area (TPSA) is 121 Å². The monoisotopic (exact) mass is 738 g/mol. The molecule has 0 aliphatic heterocycles. The van der Waals surface area contributed by atoms with Crippen molar-refractivity contribution < 1.29 is 8.83 Å². The SMILES string of the molecule is O=c1c2cccc3cccc(c32)c2nc3cc4nc5c(Cl)c6oc7cc8c(cc7nc6c(Cl)c5oc4cc3n12)nc1c2cccc3cccc(c(=O)n81)c32. The summed E-state index contributed by atoms with van der Waals surface area (Å²) >= 11 is 14.1. The van der Waals surface area contributed by atoms with E-state index in [4.69, 9.17) is 52.0 Å². The van der Waals surface area contributed by atoms with Gasteiger partial charge >= 0.3 is 0 Å². The van der Waals surface area contributed by atoms with Gasteiger partial charge in [-0.2, -0.15) is 0 Å². The van der Waals surface area contributed by atoms with E-state index in [1.807, 2.05) is 72.8 Å². The lowest BCUT2D eigenvalue weighted by molar-refractivity contribution is 0.649. The molecule has 0 bridgehead atoms. The van der Waals surface area contributed by atoms with Crippen molar-refractivity contribution in [1.82, 2.24) is 28.7 Å². The highest BCUT2D eigenvalue weighted by Crippen LogP contribution is 2.41. The van der Waals surface area contributed by atoms with Crippen molar-refractivity contribution in [1.29, 1.82) is 0 Å². The molecule has 0 radical (unpaired) electrons. The number of halogens is 2. The van der Waals surface area contributed by atoms with Crippen LogP contribution in [0.25, 0.3) is 121 Å². The Bertz CT molecular complexity index is 3780. The predicted molar refractivity (Wildman–Crippen MR) is 213 cm³/mol. The number of nitrogens with zero attached hydrogens (tertiary/aromatic N) is 6. The van der Waals surface area contributed by atoms with Crippen molar-refractivity contribution in [3.8, 4) is 0 Å². The molecule has 0 saturated carbocycles. The Hall–Kier alpha value is -6.88. The lowest BCUT2D eigenvalue weighted by Crippen LogP contribution is -2.13. The molecule has 0 saturated heterocycles. The minimum atomic E-state index is -0.173. The third-order valence-corrected chi connectivity index (χ3v) is 11.5. The van der Waals surface area contributed by atoms with E-state index in [2.05, 4.69) is 0 Å². The second-order valence-electron chi connectivity index (χ2n) is 13.6. The lowest BCUT2D eigenvalue weighted by atomic mass is 10.0. The summed E-state index contributed by atoms with van der Waals surface area (Å²) in [5, 5.41) is 6.95. The lowest BCUT2D eigenvalue weighted by Gasteiger charge is -2.10. The summed E-state index contributed by atoms with van der Waals surface area (Å²) < 4.78 is 16.1. The first-order valence-electron chi connectivity index (χ1n) is 17.0. The molecule has 0 unspecified atom stereocenters. The average Bonchev–Trinajstić information content (AvgIpc) is 3.76. The normalized spacial score (nSPS) is 12.8. The Kier molecular flexibility index (Phi) is 5.07. The van der Waals surface area contributed by atoms with Crippen LogP contribution in [0.1, 0.15) is 0 Å². The number of pyridine rings is 2. The summed E-state index contributed by atoms with van der Waals surface area (Å²) in [5.41, 5.74) is 5.66. The van der Waals surface area contributed by atoms with Gasteiger partial charge in [0.2, 0.25) is 0 Å². The molecule has 6 heterocycles. The minimum Gasteiger partial charge on any atom is -0.451 e. The van der Waals surface area contributed by atoms with Gasteiger partial charge in [0.05, 0.1) is 22.1 Å². The Morgan fingerprint density at radius 1 is 0.481 bits per heavy atom. The maximum absolute atomic E-state index is 13.9. The largest absolute Gasteiger partial charge is 0.451 e. The van der Waals surface area contributed by atoms with Crippen LogP contribution in [0.15, 0.2) is 115 Å². The van der Waals surface area contributed by atoms with Crippen LogP contribution in [-0.2, 0) is 0 Å². The number of hydrogen-bond acceptors (Lipinski definition) is 8. The zero-order valence-electron chi connectivity index (χ0n) is 27.3. The van der Waals surface area contributed by atoms with Crippen LogP contribution in [0.5, 0.6) is 0 Å². The van der Waals surface area contributed by atoms with E-state index in [9.17, 15) is 9.59 Å². The van der Waals surface area contributed by atoms with E-state index in [0.29, 0.717) is 66.3 Å². The molecule has 12 heteroatoms. The molecule has 0 aliphatic carbocycles. The Morgan fingerprint density at radius 2 is 0.889 bits per heavy atom. The molecule has 7 aromatic carbocycles. The molecule has 0 N–H and O–H groups in total. The zero-order valence-corrected chi connectivity index (χ0v) is 28.8. The Balaban J connectivity index is 1.09. The van der Waals surface area contributed by atoms with Crippen LogP contribution in [0, 0.1) is 0 Å². The molecule has 13 aromatic rings. The second-order valence-corrected chi connectivity index (χ2v) is 14.4. The zero-order chi connectivity index (χ0) is 35.7. The van der Waals surface area contributed by atoms with Gasteiger partial charge < -0.3 is 8.83 Å². The highest BCUT2D eigenvalue weighted by atomic mass is 35.5. The van der Waals surface area contributed by atoms with Gasteiger partial charge in [-0.3, -0.25) is 18.4 Å². The molecule has 252 valence electrons. The maximum atomic E-state index is 13.9. The second kappa shape index (κ2) is 9.56. The minimum absolute atomic E-state index is 0.151. The van der Waals surface area contributed by atoms with Gasteiger partial charge in [0, 0.05) is 44.5 Å². The van der Waals surface area contributed by atoms with Crippen LogP contribution < -0.4 is 11.1 Å². The van der Waals surface area contributed by atoms with Gasteiger partial charge in [-0.15, -0.1) is 0 Å². The summed E-state index contributed by atoms with van der Waals surface area (Å²) in [4.78, 5) is 47.4. The molecule has 0 fully saturated rings. The molecule has 6 aromatic heterocycles. The van der Waals surface area contributed by atoms with Crippen LogP contribution in [-0.4, -0.2) is 28.7 Å². The number of benzene rings is 7. The average molecular weight is 740 g/mol. The Morgan fingerprint density at radius 3 is 1.31 bits per heavy atom. The quantitative estimate of drug-likeness (QED) is 0.141. The number of hydrogen-bond donors (Lipinski definition) is 0. The number of fused-ring (bicyclic) bond motifs is 12. The fourth-order valence-electron chi connectivity index (χ4n) is 8.42. The van der Waals surface area contributed by atoms with Crippen LogP contribution in [0.2, 0.25) is 10.0 Å². The predicted octanol–water partition coefficient (Wildman–Crippen LogP) is 9.95. The van der Waals surface area contributed by atoms with Gasteiger partial charge in [0.15, 0.2) is 22.3 Å². The molecule has 54 heavy (non-hydrogen) atoms. The Labute approximate surface area is 308 Å². The van der Waals surface area contributed by atoms with Gasteiger partial charge in [0.25, 0.3) is 11.1 Å². The maximum Gasteiger partial charge on any atom is 0.264 e.